The van der Waals surface area contributed by atoms with Crippen LogP contribution in [-0.2, 0) is 17.6 Å². The Morgan fingerprint density at radius 3 is 2.78 bits per heavy atom. The monoisotopic (exact) mass is 311 g/mol. The molecule has 1 saturated carbocycles. The van der Waals surface area contributed by atoms with Crippen LogP contribution >= 0.6 is 0 Å². The summed E-state index contributed by atoms with van der Waals surface area (Å²) in [6, 6.07) is 6.81. The predicted octanol–water partition coefficient (Wildman–Crippen LogP) is 3.15. The van der Waals surface area contributed by atoms with Gasteiger partial charge in [-0.3, -0.25) is 4.79 Å². The number of carboxylic acids is 1. The highest BCUT2D eigenvalue weighted by atomic mass is 16.4. The van der Waals surface area contributed by atoms with Gasteiger partial charge in [0.25, 0.3) is 0 Å². The van der Waals surface area contributed by atoms with Gasteiger partial charge in [0.05, 0.1) is 6.54 Å². The van der Waals surface area contributed by atoms with Crippen molar-refractivity contribution in [3.8, 4) is 11.8 Å². The molecule has 0 spiro atoms. The van der Waals surface area contributed by atoms with Crippen LogP contribution in [0.2, 0.25) is 0 Å². The number of nitrogens with one attached hydrogen (secondary N) is 1. The fourth-order valence-corrected chi connectivity index (χ4v) is 3.67. The average molecular weight is 311 g/mol. The lowest BCUT2D eigenvalue weighted by Gasteiger charge is -2.25. The summed E-state index contributed by atoms with van der Waals surface area (Å²) in [4.78, 5) is 10.7. The lowest BCUT2D eigenvalue weighted by atomic mass is 9.87. The number of hydrogen-bond donors (Lipinski definition) is 2. The van der Waals surface area contributed by atoms with E-state index in [1.807, 2.05) is 0 Å². The summed E-state index contributed by atoms with van der Waals surface area (Å²) >= 11 is 0. The SMILES string of the molecule is O=C(O)CNC1CCc2cc(C#CC3CCCCC3)ccc2C1. The lowest BCUT2D eigenvalue weighted by molar-refractivity contribution is -0.136. The predicted molar refractivity (Wildman–Crippen MR) is 91.3 cm³/mol. The van der Waals surface area contributed by atoms with Crippen LogP contribution in [-0.4, -0.2) is 23.7 Å². The quantitative estimate of drug-likeness (QED) is 0.843. The first kappa shape index (κ1) is 16.1. The number of aryl methyl sites for hydroxylation is 1. The molecule has 1 fully saturated rings. The number of benzene rings is 1. The van der Waals surface area contributed by atoms with Crippen molar-refractivity contribution in [2.75, 3.05) is 6.54 Å². The van der Waals surface area contributed by atoms with Crippen LogP contribution in [0.15, 0.2) is 18.2 Å². The number of aliphatic carboxylic acids is 1. The minimum absolute atomic E-state index is 0.0466. The highest BCUT2D eigenvalue weighted by molar-refractivity contribution is 5.69. The van der Waals surface area contributed by atoms with Gasteiger partial charge in [0.1, 0.15) is 0 Å². The van der Waals surface area contributed by atoms with Crippen molar-refractivity contribution in [3.05, 3.63) is 34.9 Å². The van der Waals surface area contributed by atoms with Crippen molar-refractivity contribution in [2.24, 2.45) is 5.92 Å². The van der Waals surface area contributed by atoms with Gasteiger partial charge in [0.15, 0.2) is 0 Å². The molecule has 23 heavy (non-hydrogen) atoms. The first-order valence-electron chi connectivity index (χ1n) is 8.79. The second-order valence-electron chi connectivity index (χ2n) is 6.80. The third-order valence-electron chi connectivity index (χ3n) is 5.00. The van der Waals surface area contributed by atoms with Crippen LogP contribution in [0, 0.1) is 17.8 Å². The van der Waals surface area contributed by atoms with Crippen molar-refractivity contribution in [2.45, 2.75) is 57.4 Å². The zero-order valence-corrected chi connectivity index (χ0v) is 13.6. The maximum absolute atomic E-state index is 10.7. The molecule has 0 bridgehead atoms. The Labute approximate surface area is 138 Å². The van der Waals surface area contributed by atoms with E-state index in [4.69, 9.17) is 5.11 Å². The van der Waals surface area contributed by atoms with Crippen LogP contribution in [0.4, 0.5) is 0 Å². The maximum atomic E-state index is 10.7. The molecule has 0 aromatic heterocycles. The van der Waals surface area contributed by atoms with Gasteiger partial charge < -0.3 is 10.4 Å². The maximum Gasteiger partial charge on any atom is 0.317 e. The van der Waals surface area contributed by atoms with Gasteiger partial charge in [0, 0.05) is 17.5 Å². The zero-order valence-electron chi connectivity index (χ0n) is 13.6. The third-order valence-corrected chi connectivity index (χ3v) is 5.00. The summed E-state index contributed by atoms with van der Waals surface area (Å²) in [6.45, 7) is 0.0466. The Morgan fingerprint density at radius 1 is 1.17 bits per heavy atom. The van der Waals surface area contributed by atoms with Gasteiger partial charge in [-0.1, -0.05) is 37.2 Å². The van der Waals surface area contributed by atoms with Crippen LogP contribution in [0.5, 0.6) is 0 Å². The van der Waals surface area contributed by atoms with Gasteiger partial charge in [-0.25, -0.2) is 0 Å². The molecule has 0 amide bonds. The molecule has 3 nitrogen and oxygen atoms in total. The molecule has 2 aliphatic rings. The average Bonchev–Trinajstić information content (AvgIpc) is 2.59. The molecule has 2 aliphatic carbocycles. The molecule has 0 aliphatic heterocycles. The second kappa shape index (κ2) is 7.66. The first-order valence-corrected chi connectivity index (χ1v) is 8.79. The van der Waals surface area contributed by atoms with Crippen LogP contribution in [0.25, 0.3) is 0 Å². The summed E-state index contributed by atoms with van der Waals surface area (Å²) < 4.78 is 0. The number of fused-ring (bicyclic) bond motifs is 1. The summed E-state index contributed by atoms with van der Waals surface area (Å²) in [5.74, 6) is 6.63. The van der Waals surface area contributed by atoms with Crippen LogP contribution in [0.1, 0.15) is 55.2 Å². The summed E-state index contributed by atoms with van der Waals surface area (Å²) in [7, 11) is 0. The Kier molecular flexibility index (Phi) is 5.35. The van der Waals surface area contributed by atoms with Crippen molar-refractivity contribution in [3.63, 3.8) is 0 Å². The van der Waals surface area contributed by atoms with E-state index in [0.717, 1.165) is 24.8 Å². The number of carboxylic acid groups (broad SMARTS) is 1. The fourth-order valence-electron chi connectivity index (χ4n) is 3.67. The molecule has 0 saturated heterocycles. The van der Waals surface area contributed by atoms with E-state index in [1.165, 1.54) is 43.2 Å². The van der Waals surface area contributed by atoms with Crippen molar-refractivity contribution < 1.29 is 9.90 Å². The molecule has 0 radical (unpaired) electrons. The van der Waals surface area contributed by atoms with Crippen molar-refractivity contribution in [1.29, 1.82) is 0 Å². The molecule has 3 rings (SSSR count). The normalized spacial score (nSPS) is 21.1. The molecule has 3 heteroatoms. The largest absolute Gasteiger partial charge is 0.480 e. The van der Waals surface area contributed by atoms with E-state index in [9.17, 15) is 4.79 Å². The van der Waals surface area contributed by atoms with Crippen LogP contribution < -0.4 is 5.32 Å². The second-order valence-corrected chi connectivity index (χ2v) is 6.80. The number of rotatable bonds is 3. The van der Waals surface area contributed by atoms with E-state index in [1.54, 1.807) is 0 Å². The van der Waals surface area contributed by atoms with Gasteiger partial charge in [-0.15, -0.1) is 0 Å². The minimum Gasteiger partial charge on any atom is -0.480 e. The van der Waals surface area contributed by atoms with E-state index >= 15 is 0 Å². The molecular formula is C20H25NO2. The molecule has 1 unspecified atom stereocenters. The third kappa shape index (κ3) is 4.59. The Balaban J connectivity index is 1.62. The van der Waals surface area contributed by atoms with E-state index in [0.29, 0.717) is 5.92 Å². The van der Waals surface area contributed by atoms with Gasteiger partial charge in [0.2, 0.25) is 0 Å². The zero-order chi connectivity index (χ0) is 16.1. The summed E-state index contributed by atoms with van der Waals surface area (Å²) in [5.41, 5.74) is 3.85. The number of carbonyl (C=O) groups is 1. The molecular weight excluding hydrogens is 286 g/mol. The summed E-state index contributed by atoms with van der Waals surface area (Å²) in [6.07, 6.45) is 9.46. The standard InChI is InChI=1S/C20H25NO2/c22-20(23)14-21-19-11-10-17-12-16(8-9-18(17)13-19)7-6-15-4-2-1-3-5-15/h8-9,12,15,19,21H,1-5,10-11,13-14H2,(H,22,23). The van der Waals surface area contributed by atoms with Gasteiger partial charge in [-0.05, 0) is 55.4 Å². The fraction of sp³-hybridized carbons (Fsp3) is 0.550. The molecule has 1 aromatic carbocycles. The highest BCUT2D eigenvalue weighted by Gasteiger charge is 2.19. The molecule has 1 aromatic rings. The molecule has 2 N–H and O–H groups in total. The smallest absolute Gasteiger partial charge is 0.317 e. The van der Waals surface area contributed by atoms with Crippen molar-refractivity contribution in [1.82, 2.24) is 5.32 Å². The molecule has 0 heterocycles. The van der Waals surface area contributed by atoms with E-state index in [2.05, 4.69) is 35.4 Å². The van der Waals surface area contributed by atoms with Crippen LogP contribution in [0.3, 0.4) is 0 Å². The topological polar surface area (TPSA) is 49.3 Å². The molecule has 1 atom stereocenters. The van der Waals surface area contributed by atoms with E-state index in [-0.39, 0.29) is 12.6 Å². The number of hydrogen-bond acceptors (Lipinski definition) is 2. The Morgan fingerprint density at radius 2 is 2.00 bits per heavy atom. The van der Waals surface area contributed by atoms with Gasteiger partial charge in [-0.2, -0.15) is 0 Å². The van der Waals surface area contributed by atoms with E-state index < -0.39 is 5.97 Å². The highest BCUT2D eigenvalue weighted by Crippen LogP contribution is 2.24. The summed E-state index contributed by atoms with van der Waals surface area (Å²) in [5, 5.41) is 11.9. The Bertz CT molecular complexity index is 620. The molecule has 122 valence electrons. The van der Waals surface area contributed by atoms with Gasteiger partial charge >= 0.3 is 5.97 Å². The van der Waals surface area contributed by atoms with Crippen molar-refractivity contribution >= 4 is 5.97 Å². The lowest BCUT2D eigenvalue weighted by Crippen LogP contribution is -2.37. The minimum atomic E-state index is -0.788. The first-order chi connectivity index (χ1) is 11.2. The Hall–Kier alpha value is -1.79.